The lowest BCUT2D eigenvalue weighted by Crippen LogP contribution is -2.39. The Balaban J connectivity index is 1.71. The number of hydrogen-bond acceptors (Lipinski definition) is 2. The first-order valence-electron chi connectivity index (χ1n) is 7.18. The highest BCUT2D eigenvalue weighted by Gasteiger charge is 2.37. The molecule has 1 spiro atoms. The molecule has 2 fully saturated rings. The average molecular weight is 299 g/mol. The third-order valence-corrected chi connectivity index (χ3v) is 5.50. The molecule has 0 amide bonds. The van der Waals surface area contributed by atoms with Crippen LogP contribution in [-0.2, 0) is 5.88 Å². The van der Waals surface area contributed by atoms with Crippen LogP contribution in [0, 0.1) is 5.41 Å². The first-order valence-corrected chi connectivity index (χ1v) is 8.09. The Hall–Kier alpha value is -0.470. The quantitative estimate of drug-likeness (QED) is 0.740. The van der Waals surface area contributed by atoms with Crippen LogP contribution < -0.4 is 4.90 Å². The molecule has 0 radical (unpaired) electrons. The van der Waals surface area contributed by atoms with Gasteiger partial charge >= 0.3 is 0 Å². The molecule has 1 aromatic heterocycles. The van der Waals surface area contributed by atoms with Crippen LogP contribution in [0.5, 0.6) is 0 Å². The fourth-order valence-corrected chi connectivity index (χ4v) is 4.04. The molecule has 4 heteroatoms. The van der Waals surface area contributed by atoms with E-state index in [1.165, 1.54) is 38.5 Å². The molecule has 2 aliphatic rings. The van der Waals surface area contributed by atoms with Gasteiger partial charge in [0.1, 0.15) is 5.82 Å². The molecule has 104 valence electrons. The van der Waals surface area contributed by atoms with Crippen LogP contribution in [0.2, 0.25) is 5.02 Å². The van der Waals surface area contributed by atoms with Crippen LogP contribution in [0.3, 0.4) is 0 Å². The summed E-state index contributed by atoms with van der Waals surface area (Å²) in [5, 5.41) is 0.669. The van der Waals surface area contributed by atoms with Gasteiger partial charge < -0.3 is 4.90 Å². The van der Waals surface area contributed by atoms with Crippen molar-refractivity contribution in [2.24, 2.45) is 5.41 Å². The van der Waals surface area contributed by atoms with Crippen molar-refractivity contribution in [3.63, 3.8) is 0 Å². The zero-order valence-electron chi connectivity index (χ0n) is 11.2. The van der Waals surface area contributed by atoms with Gasteiger partial charge in [-0.2, -0.15) is 0 Å². The summed E-state index contributed by atoms with van der Waals surface area (Å²) in [5.41, 5.74) is 1.63. The number of alkyl halides is 1. The average Bonchev–Trinajstić information content (AvgIpc) is 2.89. The molecule has 0 N–H and O–H groups in total. The molecule has 0 unspecified atom stereocenters. The van der Waals surface area contributed by atoms with Gasteiger partial charge in [-0.05, 0) is 42.7 Å². The van der Waals surface area contributed by atoms with Crippen molar-refractivity contribution in [3.05, 3.63) is 22.8 Å². The van der Waals surface area contributed by atoms with Crippen LogP contribution in [0.25, 0.3) is 0 Å². The maximum Gasteiger partial charge on any atom is 0.128 e. The van der Waals surface area contributed by atoms with Crippen molar-refractivity contribution < 1.29 is 0 Å². The van der Waals surface area contributed by atoms with E-state index in [-0.39, 0.29) is 0 Å². The first kappa shape index (κ1) is 13.5. The van der Waals surface area contributed by atoms with Crippen molar-refractivity contribution in [2.75, 3.05) is 18.0 Å². The molecule has 1 saturated carbocycles. The summed E-state index contributed by atoms with van der Waals surface area (Å²) in [6.45, 7) is 2.24. The van der Waals surface area contributed by atoms with Gasteiger partial charge in [-0.15, -0.1) is 11.6 Å². The lowest BCUT2D eigenvalue weighted by Gasteiger charge is -2.40. The van der Waals surface area contributed by atoms with Crippen molar-refractivity contribution in [1.82, 2.24) is 4.98 Å². The van der Waals surface area contributed by atoms with E-state index < -0.39 is 0 Å². The highest BCUT2D eigenvalue weighted by atomic mass is 35.5. The van der Waals surface area contributed by atoms with Gasteiger partial charge in [0.2, 0.25) is 0 Å². The minimum atomic E-state index is 0.451. The topological polar surface area (TPSA) is 16.1 Å². The van der Waals surface area contributed by atoms with E-state index in [1.807, 2.05) is 6.07 Å². The Morgan fingerprint density at radius 1 is 1.16 bits per heavy atom. The minimum absolute atomic E-state index is 0.451. The third kappa shape index (κ3) is 2.71. The third-order valence-electron chi connectivity index (χ3n) is 4.88. The Labute approximate surface area is 125 Å². The predicted molar refractivity (Wildman–Crippen MR) is 81.2 cm³/mol. The van der Waals surface area contributed by atoms with Crippen molar-refractivity contribution in [1.29, 1.82) is 0 Å². The van der Waals surface area contributed by atoms with E-state index in [4.69, 9.17) is 23.2 Å². The van der Waals surface area contributed by atoms with Gasteiger partial charge in [-0.1, -0.05) is 24.4 Å². The van der Waals surface area contributed by atoms with E-state index in [9.17, 15) is 0 Å². The lowest BCUT2D eigenvalue weighted by molar-refractivity contribution is 0.226. The van der Waals surface area contributed by atoms with Gasteiger partial charge in [-0.3, -0.25) is 0 Å². The number of anilines is 1. The first-order chi connectivity index (χ1) is 9.22. The second-order valence-electron chi connectivity index (χ2n) is 5.96. The summed E-state index contributed by atoms with van der Waals surface area (Å²) in [4.78, 5) is 6.85. The smallest absolute Gasteiger partial charge is 0.128 e. The highest BCUT2D eigenvalue weighted by molar-refractivity contribution is 6.32. The number of rotatable bonds is 2. The van der Waals surface area contributed by atoms with Gasteiger partial charge in [0.25, 0.3) is 0 Å². The largest absolute Gasteiger partial charge is 0.357 e. The van der Waals surface area contributed by atoms with Gasteiger partial charge in [0, 0.05) is 25.2 Å². The van der Waals surface area contributed by atoms with Crippen molar-refractivity contribution >= 4 is 29.0 Å². The summed E-state index contributed by atoms with van der Waals surface area (Å²) in [5.74, 6) is 1.49. The normalized spacial score (nSPS) is 22.1. The molecule has 2 nitrogen and oxygen atoms in total. The van der Waals surface area contributed by atoms with Crippen LogP contribution in [0.15, 0.2) is 12.3 Å². The lowest BCUT2D eigenvalue weighted by atomic mass is 9.77. The summed E-state index contributed by atoms with van der Waals surface area (Å²) in [7, 11) is 0. The fourth-order valence-electron chi connectivity index (χ4n) is 3.58. The number of hydrogen-bond donors (Lipinski definition) is 0. The molecular weight excluding hydrogens is 279 g/mol. The predicted octanol–water partition coefficient (Wildman–Crippen LogP) is 4.63. The van der Waals surface area contributed by atoms with E-state index in [1.54, 1.807) is 6.20 Å². The zero-order chi connectivity index (χ0) is 13.3. The summed E-state index contributed by atoms with van der Waals surface area (Å²) >= 11 is 12.0. The molecule has 1 aliphatic heterocycles. The number of aromatic nitrogens is 1. The zero-order valence-corrected chi connectivity index (χ0v) is 12.7. The van der Waals surface area contributed by atoms with E-state index in [0.717, 1.165) is 24.5 Å². The summed E-state index contributed by atoms with van der Waals surface area (Å²) in [6.07, 6.45) is 10.1. The maximum atomic E-state index is 6.07. The van der Waals surface area contributed by atoms with E-state index >= 15 is 0 Å². The molecule has 3 rings (SSSR count). The molecule has 1 aliphatic carbocycles. The molecule has 1 aromatic rings. The number of piperidine rings is 1. The van der Waals surface area contributed by atoms with Gasteiger partial charge in [-0.25, -0.2) is 4.98 Å². The molecule has 1 saturated heterocycles. The van der Waals surface area contributed by atoms with Crippen LogP contribution in [-0.4, -0.2) is 18.1 Å². The Bertz CT molecular complexity index is 445. The van der Waals surface area contributed by atoms with Crippen LogP contribution in [0.1, 0.15) is 44.1 Å². The maximum absolute atomic E-state index is 6.07. The summed E-state index contributed by atoms with van der Waals surface area (Å²) < 4.78 is 0. The standard InChI is InChI=1S/C15H20Cl2N2/c16-10-12-9-14(18-11-13(12)17)19-7-5-15(6-8-19)3-1-2-4-15/h9,11H,1-8,10H2. The molecule has 0 bridgehead atoms. The molecular formula is C15H20Cl2N2. The fraction of sp³-hybridized carbons (Fsp3) is 0.667. The monoisotopic (exact) mass is 298 g/mol. The number of pyridine rings is 1. The van der Waals surface area contributed by atoms with Crippen molar-refractivity contribution in [2.45, 2.75) is 44.4 Å². The Morgan fingerprint density at radius 3 is 2.47 bits per heavy atom. The SMILES string of the molecule is ClCc1cc(N2CCC3(CCCC3)CC2)ncc1Cl. The molecule has 0 aromatic carbocycles. The van der Waals surface area contributed by atoms with E-state index in [0.29, 0.717) is 16.3 Å². The Morgan fingerprint density at radius 2 is 1.84 bits per heavy atom. The second-order valence-corrected chi connectivity index (χ2v) is 6.64. The summed E-state index contributed by atoms with van der Waals surface area (Å²) in [6, 6.07) is 2.04. The molecule has 2 heterocycles. The molecule has 19 heavy (non-hydrogen) atoms. The minimum Gasteiger partial charge on any atom is -0.357 e. The second kappa shape index (κ2) is 5.49. The number of halogens is 2. The highest BCUT2D eigenvalue weighted by Crippen LogP contribution is 2.46. The number of nitrogens with zero attached hydrogens (tertiary/aromatic N) is 2. The van der Waals surface area contributed by atoms with Gasteiger partial charge in [0.05, 0.1) is 5.02 Å². The molecule has 0 atom stereocenters. The van der Waals surface area contributed by atoms with Crippen LogP contribution in [0.4, 0.5) is 5.82 Å². The van der Waals surface area contributed by atoms with Crippen molar-refractivity contribution in [3.8, 4) is 0 Å². The van der Waals surface area contributed by atoms with E-state index in [2.05, 4.69) is 9.88 Å². The Kier molecular flexibility index (Phi) is 3.91. The van der Waals surface area contributed by atoms with Gasteiger partial charge in [0.15, 0.2) is 0 Å². The van der Waals surface area contributed by atoms with Crippen LogP contribution >= 0.6 is 23.2 Å².